The van der Waals surface area contributed by atoms with Gasteiger partial charge in [0.2, 0.25) is 0 Å². The van der Waals surface area contributed by atoms with Crippen LogP contribution in [-0.4, -0.2) is 38.3 Å². The Bertz CT molecular complexity index is 342. The summed E-state index contributed by atoms with van der Waals surface area (Å²) in [7, 11) is 3.79. The third-order valence-corrected chi connectivity index (χ3v) is 3.48. The van der Waals surface area contributed by atoms with E-state index in [2.05, 4.69) is 31.0 Å². The number of rotatable bonds is 7. The topological polar surface area (TPSA) is 38.5 Å². The van der Waals surface area contributed by atoms with Gasteiger partial charge in [0.1, 0.15) is 0 Å². The number of hydrogen-bond acceptors (Lipinski definition) is 3. The van der Waals surface area contributed by atoms with E-state index in [0.717, 1.165) is 18.0 Å². The number of nitrogens with zero attached hydrogens (tertiary/aromatic N) is 1. The first-order chi connectivity index (χ1) is 8.54. The molecule has 0 amide bonds. The van der Waals surface area contributed by atoms with E-state index in [9.17, 15) is 0 Å². The summed E-state index contributed by atoms with van der Waals surface area (Å²) < 4.78 is 5.04. The van der Waals surface area contributed by atoms with E-state index in [4.69, 9.17) is 22.1 Å². The van der Waals surface area contributed by atoms with Gasteiger partial charge in [0.25, 0.3) is 0 Å². The monoisotopic (exact) mass is 270 g/mol. The normalized spacial score (nSPS) is 14.8. The smallest absolute Gasteiger partial charge is 0.0477 e. The molecule has 3 nitrogen and oxygen atoms in total. The van der Waals surface area contributed by atoms with Gasteiger partial charge in [0.15, 0.2) is 0 Å². The lowest BCUT2D eigenvalue weighted by Gasteiger charge is -2.27. The molecule has 1 rings (SSSR count). The van der Waals surface area contributed by atoms with Crippen LogP contribution in [0.15, 0.2) is 24.3 Å². The molecule has 2 atom stereocenters. The summed E-state index contributed by atoms with van der Waals surface area (Å²) in [6.07, 6.45) is 0.883. The van der Waals surface area contributed by atoms with Gasteiger partial charge in [-0.1, -0.05) is 23.7 Å². The first-order valence-electron chi connectivity index (χ1n) is 6.24. The van der Waals surface area contributed by atoms with E-state index in [1.807, 2.05) is 12.1 Å². The number of likely N-dealkylation sites (N-methyl/N-ethyl adjacent to an activating group) is 1. The predicted octanol–water partition coefficient (Wildman–Crippen LogP) is 2.70. The summed E-state index contributed by atoms with van der Waals surface area (Å²) in [5.41, 5.74) is 7.31. The average Bonchev–Trinajstić information content (AvgIpc) is 2.36. The molecule has 0 spiro atoms. The molecule has 18 heavy (non-hydrogen) atoms. The predicted molar refractivity (Wildman–Crippen MR) is 77.0 cm³/mol. The molecule has 0 saturated carbocycles. The summed E-state index contributed by atoms with van der Waals surface area (Å²) in [6, 6.07) is 8.44. The first kappa shape index (κ1) is 15.4. The molecule has 2 unspecified atom stereocenters. The van der Waals surface area contributed by atoms with Crippen LogP contribution < -0.4 is 5.73 Å². The van der Waals surface area contributed by atoms with Crippen molar-refractivity contribution in [3.63, 3.8) is 0 Å². The maximum absolute atomic E-state index is 6.06. The van der Waals surface area contributed by atoms with Gasteiger partial charge in [-0.15, -0.1) is 0 Å². The highest BCUT2D eigenvalue weighted by atomic mass is 35.5. The molecule has 0 aliphatic carbocycles. The van der Waals surface area contributed by atoms with Crippen LogP contribution in [0.4, 0.5) is 0 Å². The van der Waals surface area contributed by atoms with Crippen LogP contribution in [0.3, 0.4) is 0 Å². The van der Waals surface area contributed by atoms with Crippen molar-refractivity contribution in [2.75, 3.05) is 27.3 Å². The Morgan fingerprint density at radius 2 is 1.94 bits per heavy atom. The molecular formula is C14H23ClN2O. The molecule has 0 heterocycles. The quantitative estimate of drug-likeness (QED) is 0.828. The molecule has 0 radical (unpaired) electrons. The van der Waals surface area contributed by atoms with Crippen LogP contribution in [0.25, 0.3) is 0 Å². The van der Waals surface area contributed by atoms with E-state index in [1.54, 1.807) is 7.11 Å². The summed E-state index contributed by atoms with van der Waals surface area (Å²) in [6.45, 7) is 3.74. The first-order valence-corrected chi connectivity index (χ1v) is 6.62. The summed E-state index contributed by atoms with van der Waals surface area (Å²) in [5.74, 6) is 0. The van der Waals surface area contributed by atoms with Crippen molar-refractivity contribution >= 4 is 11.6 Å². The Kier molecular flexibility index (Phi) is 6.65. The Morgan fingerprint density at radius 3 is 2.50 bits per heavy atom. The second kappa shape index (κ2) is 7.74. The second-order valence-electron chi connectivity index (χ2n) is 4.71. The van der Waals surface area contributed by atoms with Crippen molar-refractivity contribution in [3.05, 3.63) is 34.9 Å². The van der Waals surface area contributed by atoms with Crippen LogP contribution in [0.1, 0.15) is 24.9 Å². The van der Waals surface area contributed by atoms with Crippen molar-refractivity contribution in [2.24, 2.45) is 5.73 Å². The molecule has 0 fully saturated rings. The van der Waals surface area contributed by atoms with Crippen LogP contribution in [0, 0.1) is 0 Å². The molecule has 0 saturated heterocycles. The summed E-state index contributed by atoms with van der Waals surface area (Å²) in [5, 5.41) is 0.769. The van der Waals surface area contributed by atoms with Crippen molar-refractivity contribution in [1.82, 2.24) is 4.90 Å². The molecule has 1 aromatic carbocycles. The van der Waals surface area contributed by atoms with Gasteiger partial charge in [0, 0.05) is 37.4 Å². The minimum Gasteiger partial charge on any atom is -0.385 e. The fourth-order valence-corrected chi connectivity index (χ4v) is 2.01. The van der Waals surface area contributed by atoms with Crippen LogP contribution in [-0.2, 0) is 4.74 Å². The fourth-order valence-electron chi connectivity index (χ4n) is 1.88. The summed E-state index contributed by atoms with van der Waals surface area (Å²) in [4.78, 5) is 2.25. The van der Waals surface area contributed by atoms with Gasteiger partial charge in [-0.2, -0.15) is 0 Å². The second-order valence-corrected chi connectivity index (χ2v) is 5.15. The zero-order valence-electron chi connectivity index (χ0n) is 11.4. The van der Waals surface area contributed by atoms with Gasteiger partial charge >= 0.3 is 0 Å². The number of halogens is 1. The van der Waals surface area contributed by atoms with Crippen molar-refractivity contribution < 1.29 is 4.74 Å². The minimum atomic E-state index is 0.143. The number of methoxy groups -OCH3 is 1. The molecule has 4 heteroatoms. The molecule has 0 aliphatic heterocycles. The summed E-state index contributed by atoms with van der Waals surface area (Å²) >= 11 is 5.89. The third kappa shape index (κ3) is 4.94. The van der Waals surface area contributed by atoms with Crippen LogP contribution in [0.2, 0.25) is 5.02 Å². The van der Waals surface area contributed by atoms with Gasteiger partial charge in [-0.3, -0.25) is 4.90 Å². The highest BCUT2D eigenvalue weighted by Crippen LogP contribution is 2.20. The highest BCUT2D eigenvalue weighted by Gasteiger charge is 2.14. The minimum absolute atomic E-state index is 0.143. The zero-order chi connectivity index (χ0) is 13.5. The van der Waals surface area contributed by atoms with Crippen molar-refractivity contribution in [1.29, 1.82) is 0 Å². The highest BCUT2D eigenvalue weighted by molar-refractivity contribution is 6.30. The van der Waals surface area contributed by atoms with Gasteiger partial charge in [-0.25, -0.2) is 0 Å². The van der Waals surface area contributed by atoms with E-state index in [1.165, 1.54) is 5.56 Å². The van der Waals surface area contributed by atoms with Crippen molar-refractivity contribution in [2.45, 2.75) is 25.4 Å². The van der Waals surface area contributed by atoms with Crippen LogP contribution >= 0.6 is 11.6 Å². The maximum atomic E-state index is 6.06. The van der Waals surface area contributed by atoms with E-state index in [-0.39, 0.29) is 6.04 Å². The number of nitrogens with two attached hydrogens (primary N) is 1. The molecule has 2 N–H and O–H groups in total. The van der Waals surface area contributed by atoms with E-state index in [0.29, 0.717) is 12.6 Å². The molecular weight excluding hydrogens is 248 g/mol. The lowest BCUT2D eigenvalue weighted by atomic mass is 10.1. The molecule has 0 bridgehead atoms. The maximum Gasteiger partial charge on any atom is 0.0477 e. The molecule has 102 valence electrons. The fraction of sp³-hybridized carbons (Fsp3) is 0.571. The standard InChI is InChI=1S/C14H23ClN2O/c1-11(12-4-6-13(15)7-5-12)17(2)10-14(16)8-9-18-3/h4-7,11,14H,8-10,16H2,1-3H3. The SMILES string of the molecule is COCCC(N)CN(C)C(C)c1ccc(Cl)cc1. The van der Waals surface area contributed by atoms with Gasteiger partial charge in [0.05, 0.1) is 0 Å². The number of benzene rings is 1. The number of ether oxygens (including phenoxy) is 1. The van der Waals surface area contributed by atoms with Crippen molar-refractivity contribution in [3.8, 4) is 0 Å². The largest absolute Gasteiger partial charge is 0.385 e. The molecule has 0 aromatic heterocycles. The Hall–Kier alpha value is -0.610. The number of hydrogen-bond donors (Lipinski definition) is 1. The van der Waals surface area contributed by atoms with Crippen LogP contribution in [0.5, 0.6) is 0 Å². The Morgan fingerprint density at radius 1 is 1.33 bits per heavy atom. The van der Waals surface area contributed by atoms with Gasteiger partial charge in [-0.05, 0) is 38.1 Å². The average molecular weight is 271 g/mol. The van der Waals surface area contributed by atoms with E-state index >= 15 is 0 Å². The lowest BCUT2D eigenvalue weighted by Crippen LogP contribution is -2.37. The zero-order valence-corrected chi connectivity index (χ0v) is 12.2. The molecule has 0 aliphatic rings. The van der Waals surface area contributed by atoms with E-state index < -0.39 is 0 Å². The Balaban J connectivity index is 2.50. The lowest BCUT2D eigenvalue weighted by molar-refractivity contribution is 0.172. The Labute approximate surface area is 115 Å². The van der Waals surface area contributed by atoms with Gasteiger partial charge < -0.3 is 10.5 Å². The third-order valence-electron chi connectivity index (χ3n) is 3.23. The molecule has 1 aromatic rings.